The van der Waals surface area contributed by atoms with Crippen LogP contribution in [-0.4, -0.2) is 59.4 Å². The summed E-state index contributed by atoms with van der Waals surface area (Å²) in [6.45, 7) is 0. The Balaban J connectivity index is 1.78. The third-order valence-corrected chi connectivity index (χ3v) is 6.78. The lowest BCUT2D eigenvalue weighted by Gasteiger charge is -2.59. The Labute approximate surface area is 123 Å². The maximum atomic E-state index is 12.9. The SMILES string of the molecule is O=S(=O)(c1ccccc1)N1[C@H]2C[C@@H]3O[C@@H](C[C@H]1[C@@H]3O)[C@H]2O. The molecule has 0 radical (unpaired) electrons. The lowest BCUT2D eigenvalue weighted by molar-refractivity contribution is -0.255. The van der Waals surface area contributed by atoms with E-state index in [1.54, 1.807) is 18.2 Å². The first kappa shape index (κ1) is 13.7. The van der Waals surface area contributed by atoms with Crippen molar-refractivity contribution >= 4 is 10.0 Å². The lowest BCUT2D eigenvalue weighted by atomic mass is 9.76. The Morgan fingerprint density at radius 2 is 1.52 bits per heavy atom. The minimum atomic E-state index is -3.73. The summed E-state index contributed by atoms with van der Waals surface area (Å²) in [6, 6.07) is 7.14. The fourth-order valence-corrected chi connectivity index (χ4v) is 5.73. The highest BCUT2D eigenvalue weighted by Gasteiger charge is 2.60. The minimum absolute atomic E-state index is 0.192. The molecule has 4 aliphatic heterocycles. The van der Waals surface area contributed by atoms with Crippen LogP contribution in [0.15, 0.2) is 35.2 Å². The van der Waals surface area contributed by atoms with Crippen LogP contribution in [0.1, 0.15) is 12.8 Å². The van der Waals surface area contributed by atoms with Gasteiger partial charge in [0, 0.05) is 0 Å². The second-order valence-electron chi connectivity index (χ2n) is 5.95. The number of benzene rings is 1. The normalized spacial score (nSPS) is 42.4. The lowest BCUT2D eigenvalue weighted by Crippen LogP contribution is -2.74. The first-order valence-electron chi connectivity index (χ1n) is 7.10. The van der Waals surface area contributed by atoms with Gasteiger partial charge in [-0.05, 0) is 25.0 Å². The van der Waals surface area contributed by atoms with Gasteiger partial charge in [-0.3, -0.25) is 0 Å². The van der Waals surface area contributed by atoms with E-state index in [2.05, 4.69) is 0 Å². The molecule has 7 heteroatoms. The number of hydrogen-bond acceptors (Lipinski definition) is 5. The molecule has 4 fully saturated rings. The van der Waals surface area contributed by atoms with Crippen LogP contribution in [0.25, 0.3) is 0 Å². The van der Waals surface area contributed by atoms with Gasteiger partial charge in [-0.15, -0.1) is 0 Å². The van der Waals surface area contributed by atoms with E-state index in [0.717, 1.165) is 0 Å². The van der Waals surface area contributed by atoms with Crippen molar-refractivity contribution in [3.05, 3.63) is 30.3 Å². The van der Waals surface area contributed by atoms with Crippen LogP contribution in [0, 0.1) is 0 Å². The Hall–Kier alpha value is -0.990. The zero-order chi connectivity index (χ0) is 14.8. The first-order valence-corrected chi connectivity index (χ1v) is 8.54. The standard InChI is InChI=1S/C14H17NO5S/c16-13-9-6-11-14(17)10(7-12(13)20-11)15(9)21(18,19)8-4-2-1-3-5-8/h1-5,9-14,16-17H,6-7H2/t9-,10-,11-,12-,13-,14-/m0/s1. The number of aliphatic hydroxyl groups is 2. The van der Waals surface area contributed by atoms with Crippen LogP contribution in [0.3, 0.4) is 0 Å². The van der Waals surface area contributed by atoms with Crippen molar-refractivity contribution in [1.82, 2.24) is 4.31 Å². The van der Waals surface area contributed by atoms with Crippen LogP contribution < -0.4 is 0 Å². The Morgan fingerprint density at radius 1 is 1.00 bits per heavy atom. The molecule has 6 atom stereocenters. The summed E-state index contributed by atoms with van der Waals surface area (Å²) < 4.78 is 32.7. The zero-order valence-corrected chi connectivity index (χ0v) is 12.1. The van der Waals surface area contributed by atoms with Crippen LogP contribution in [-0.2, 0) is 14.8 Å². The molecular weight excluding hydrogens is 294 g/mol. The molecule has 0 saturated carbocycles. The van der Waals surface area contributed by atoms with E-state index < -0.39 is 34.3 Å². The van der Waals surface area contributed by atoms with Gasteiger partial charge in [0.2, 0.25) is 10.0 Å². The predicted octanol–water partition coefficient (Wildman–Crippen LogP) is -0.289. The molecular formula is C14H17NO5S. The molecule has 21 heavy (non-hydrogen) atoms. The summed E-state index contributed by atoms with van der Waals surface area (Å²) in [5.41, 5.74) is 0. The van der Waals surface area contributed by atoms with Crippen molar-refractivity contribution in [2.45, 2.75) is 54.2 Å². The fraction of sp³-hybridized carbons (Fsp3) is 0.571. The molecule has 0 aromatic heterocycles. The number of sulfonamides is 1. The van der Waals surface area contributed by atoms with E-state index in [0.29, 0.717) is 12.8 Å². The molecule has 4 bridgehead atoms. The summed E-state index contributed by atoms with van der Waals surface area (Å²) in [4.78, 5) is 0.192. The molecule has 4 heterocycles. The van der Waals surface area contributed by atoms with Crippen molar-refractivity contribution in [1.29, 1.82) is 0 Å². The van der Waals surface area contributed by atoms with Crippen molar-refractivity contribution < 1.29 is 23.4 Å². The highest BCUT2D eigenvalue weighted by atomic mass is 32.2. The Morgan fingerprint density at radius 3 is 2.05 bits per heavy atom. The molecule has 0 aliphatic carbocycles. The quantitative estimate of drug-likeness (QED) is 0.784. The second kappa shape index (κ2) is 4.50. The van der Waals surface area contributed by atoms with Gasteiger partial charge in [0.15, 0.2) is 0 Å². The smallest absolute Gasteiger partial charge is 0.243 e. The summed E-state index contributed by atoms with van der Waals surface area (Å²) in [5, 5.41) is 20.6. The molecule has 0 amide bonds. The molecule has 6 nitrogen and oxygen atoms in total. The van der Waals surface area contributed by atoms with Crippen LogP contribution in [0.2, 0.25) is 0 Å². The van der Waals surface area contributed by atoms with E-state index in [-0.39, 0.29) is 17.1 Å². The van der Waals surface area contributed by atoms with Crippen molar-refractivity contribution in [2.24, 2.45) is 0 Å². The topological polar surface area (TPSA) is 87.1 Å². The van der Waals surface area contributed by atoms with Gasteiger partial charge in [0.25, 0.3) is 0 Å². The van der Waals surface area contributed by atoms with Gasteiger partial charge in [-0.25, -0.2) is 8.42 Å². The zero-order valence-electron chi connectivity index (χ0n) is 11.2. The molecule has 4 saturated heterocycles. The van der Waals surface area contributed by atoms with Crippen LogP contribution in [0.5, 0.6) is 0 Å². The Kier molecular flexibility index (Phi) is 2.93. The third-order valence-electron chi connectivity index (χ3n) is 4.82. The van der Waals surface area contributed by atoms with Gasteiger partial charge in [-0.1, -0.05) is 18.2 Å². The molecule has 1 aromatic carbocycles. The van der Waals surface area contributed by atoms with E-state index in [4.69, 9.17) is 4.74 Å². The van der Waals surface area contributed by atoms with Gasteiger partial charge in [0.05, 0.1) is 41.4 Å². The summed E-state index contributed by atoms with van der Waals surface area (Å²) in [7, 11) is -3.73. The second-order valence-corrected chi connectivity index (χ2v) is 7.79. The Bertz CT molecular complexity index is 627. The largest absolute Gasteiger partial charge is 0.389 e. The van der Waals surface area contributed by atoms with Gasteiger partial charge in [0.1, 0.15) is 0 Å². The van der Waals surface area contributed by atoms with Crippen molar-refractivity contribution in [3.63, 3.8) is 0 Å². The monoisotopic (exact) mass is 311 g/mol. The maximum absolute atomic E-state index is 12.9. The van der Waals surface area contributed by atoms with E-state index >= 15 is 0 Å². The van der Waals surface area contributed by atoms with E-state index in [9.17, 15) is 18.6 Å². The molecule has 0 spiro atoms. The van der Waals surface area contributed by atoms with Crippen LogP contribution >= 0.6 is 0 Å². The highest BCUT2D eigenvalue weighted by molar-refractivity contribution is 7.89. The predicted molar refractivity (Wildman–Crippen MR) is 73.0 cm³/mol. The average molecular weight is 311 g/mol. The van der Waals surface area contributed by atoms with E-state index in [1.807, 2.05) is 0 Å². The number of nitrogens with zero attached hydrogens (tertiary/aromatic N) is 1. The molecule has 0 unspecified atom stereocenters. The molecule has 1 aromatic rings. The van der Waals surface area contributed by atoms with Gasteiger partial charge >= 0.3 is 0 Å². The fourth-order valence-electron chi connectivity index (χ4n) is 3.85. The van der Waals surface area contributed by atoms with Crippen molar-refractivity contribution in [2.75, 3.05) is 0 Å². The number of aliphatic hydroxyl groups excluding tert-OH is 2. The molecule has 2 N–H and O–H groups in total. The molecule has 5 rings (SSSR count). The number of hydrogen-bond donors (Lipinski definition) is 2. The minimum Gasteiger partial charge on any atom is -0.389 e. The highest BCUT2D eigenvalue weighted by Crippen LogP contribution is 2.45. The summed E-state index contributed by atoms with van der Waals surface area (Å²) in [6.07, 6.45) is -1.73. The van der Waals surface area contributed by atoms with Crippen LogP contribution in [0.4, 0.5) is 0 Å². The van der Waals surface area contributed by atoms with E-state index in [1.165, 1.54) is 16.4 Å². The van der Waals surface area contributed by atoms with Crippen molar-refractivity contribution in [3.8, 4) is 0 Å². The number of ether oxygens (including phenoxy) is 1. The molecule has 114 valence electrons. The molecule has 4 aliphatic rings. The number of piperidine rings is 2. The van der Waals surface area contributed by atoms with Gasteiger partial charge in [-0.2, -0.15) is 4.31 Å². The number of rotatable bonds is 2. The summed E-state index contributed by atoms with van der Waals surface area (Å²) >= 11 is 0. The first-order chi connectivity index (χ1) is 10.00. The average Bonchev–Trinajstić information content (AvgIpc) is 2.46. The summed E-state index contributed by atoms with van der Waals surface area (Å²) in [5.74, 6) is 0. The maximum Gasteiger partial charge on any atom is 0.243 e. The third kappa shape index (κ3) is 1.82. The van der Waals surface area contributed by atoms with Gasteiger partial charge < -0.3 is 14.9 Å².